The van der Waals surface area contributed by atoms with Gasteiger partial charge in [0.15, 0.2) is 11.6 Å². The van der Waals surface area contributed by atoms with Gasteiger partial charge in [-0.3, -0.25) is 4.90 Å². The van der Waals surface area contributed by atoms with Gasteiger partial charge in [0.25, 0.3) is 0 Å². The molecule has 126 valence electrons. The normalized spacial score (nSPS) is 24.2. The summed E-state index contributed by atoms with van der Waals surface area (Å²) < 4.78 is 33.9. The third-order valence-corrected chi connectivity index (χ3v) is 4.03. The number of fused-ring (bicyclic) bond motifs is 1. The number of hydrogen-bond acceptors (Lipinski definition) is 4. The number of hydrogen-bond donors (Lipinski definition) is 1. The molecule has 0 radical (unpaired) electrons. The lowest BCUT2D eigenvalue weighted by Gasteiger charge is -2.36. The smallest absolute Gasteiger partial charge is 0.161 e. The molecule has 1 fully saturated rings. The maximum Gasteiger partial charge on any atom is 0.161 e. The van der Waals surface area contributed by atoms with E-state index in [1.807, 2.05) is 13.8 Å². The average molecular weight is 325 g/mol. The van der Waals surface area contributed by atoms with Crippen molar-refractivity contribution in [2.24, 2.45) is 0 Å². The molecule has 2 aromatic rings. The Hall–Kier alpha value is -1.57. The molecule has 0 saturated carbocycles. The highest BCUT2D eigenvalue weighted by atomic mass is 19.2. The van der Waals surface area contributed by atoms with E-state index in [1.165, 1.54) is 6.33 Å². The maximum absolute atomic E-state index is 13.4. The van der Waals surface area contributed by atoms with Crippen LogP contribution in [-0.4, -0.2) is 57.5 Å². The van der Waals surface area contributed by atoms with E-state index >= 15 is 0 Å². The first kappa shape index (κ1) is 16.3. The number of ether oxygens (including phenoxy) is 1. The number of aliphatic hydroxyl groups excluding tert-OH is 1. The first-order valence-electron chi connectivity index (χ1n) is 7.78. The highest BCUT2D eigenvalue weighted by Gasteiger charge is 2.24. The standard InChI is InChI=1S/C16H21F2N3O2/c1-10-5-20(6-11(2)23-10)7-12(22)8-21-9-19-15-3-13(17)14(18)4-16(15)21/h3-4,9-12,22H,5-8H2,1-2H3/t10-,11+,12-/m0/s1. The summed E-state index contributed by atoms with van der Waals surface area (Å²) in [5, 5.41) is 10.3. The summed E-state index contributed by atoms with van der Waals surface area (Å²) in [6.07, 6.45) is 1.14. The lowest BCUT2D eigenvalue weighted by atomic mass is 10.2. The van der Waals surface area contributed by atoms with Crippen molar-refractivity contribution in [1.82, 2.24) is 14.5 Å². The maximum atomic E-state index is 13.4. The summed E-state index contributed by atoms with van der Waals surface area (Å²) in [5.74, 6) is -1.83. The van der Waals surface area contributed by atoms with Crippen LogP contribution in [0.3, 0.4) is 0 Å². The number of β-amino-alcohol motifs (C(OH)–C–C–N with tert-alkyl or cyclic N) is 1. The molecule has 1 aromatic heterocycles. The molecule has 23 heavy (non-hydrogen) atoms. The SMILES string of the molecule is C[C@@H]1CN(C[C@H](O)Cn2cnc3cc(F)c(F)cc32)C[C@H](C)O1. The van der Waals surface area contributed by atoms with Crippen molar-refractivity contribution in [3.05, 3.63) is 30.1 Å². The van der Waals surface area contributed by atoms with Gasteiger partial charge in [-0.25, -0.2) is 13.8 Å². The molecule has 0 aliphatic carbocycles. The van der Waals surface area contributed by atoms with Gasteiger partial charge >= 0.3 is 0 Å². The summed E-state index contributed by atoms with van der Waals surface area (Å²) in [7, 11) is 0. The van der Waals surface area contributed by atoms with Gasteiger partial charge in [0, 0.05) is 31.8 Å². The van der Waals surface area contributed by atoms with Crippen LogP contribution in [-0.2, 0) is 11.3 Å². The van der Waals surface area contributed by atoms with Crippen LogP contribution in [0.5, 0.6) is 0 Å². The van der Waals surface area contributed by atoms with E-state index in [4.69, 9.17) is 4.74 Å². The number of imidazole rings is 1. The number of nitrogens with zero attached hydrogens (tertiary/aromatic N) is 3. The number of aromatic nitrogens is 2. The van der Waals surface area contributed by atoms with Crippen LogP contribution in [0.4, 0.5) is 8.78 Å². The van der Waals surface area contributed by atoms with Crippen molar-refractivity contribution in [3.8, 4) is 0 Å². The monoisotopic (exact) mass is 325 g/mol. The minimum absolute atomic E-state index is 0.136. The van der Waals surface area contributed by atoms with Crippen LogP contribution in [0.1, 0.15) is 13.8 Å². The number of halogens is 2. The van der Waals surface area contributed by atoms with E-state index in [9.17, 15) is 13.9 Å². The molecule has 0 bridgehead atoms. The zero-order valence-electron chi connectivity index (χ0n) is 13.2. The fourth-order valence-electron chi connectivity index (χ4n) is 3.22. The molecule has 3 atom stereocenters. The molecule has 2 heterocycles. The Kier molecular flexibility index (Phi) is 4.61. The molecule has 1 aliphatic rings. The van der Waals surface area contributed by atoms with Crippen LogP contribution >= 0.6 is 0 Å². The second-order valence-electron chi connectivity index (χ2n) is 6.28. The molecule has 0 amide bonds. The Morgan fingerprint density at radius 2 is 1.87 bits per heavy atom. The van der Waals surface area contributed by atoms with Crippen molar-refractivity contribution in [2.75, 3.05) is 19.6 Å². The number of morpholine rings is 1. The van der Waals surface area contributed by atoms with Crippen molar-refractivity contribution in [1.29, 1.82) is 0 Å². The summed E-state index contributed by atoms with van der Waals surface area (Å²) in [6, 6.07) is 2.18. The largest absolute Gasteiger partial charge is 0.390 e. The molecular weight excluding hydrogens is 304 g/mol. The van der Waals surface area contributed by atoms with E-state index < -0.39 is 17.7 Å². The highest BCUT2D eigenvalue weighted by molar-refractivity contribution is 5.75. The van der Waals surface area contributed by atoms with Gasteiger partial charge in [-0.2, -0.15) is 0 Å². The fraction of sp³-hybridized carbons (Fsp3) is 0.562. The van der Waals surface area contributed by atoms with Gasteiger partial charge in [-0.05, 0) is 13.8 Å². The van der Waals surface area contributed by atoms with Crippen LogP contribution < -0.4 is 0 Å². The van der Waals surface area contributed by atoms with Crippen molar-refractivity contribution in [2.45, 2.75) is 38.7 Å². The van der Waals surface area contributed by atoms with E-state index in [-0.39, 0.29) is 18.8 Å². The summed E-state index contributed by atoms with van der Waals surface area (Å²) >= 11 is 0. The Labute approximate surface area is 133 Å². The first-order chi connectivity index (χ1) is 10.9. The molecule has 3 rings (SSSR count). The third kappa shape index (κ3) is 3.68. The van der Waals surface area contributed by atoms with Gasteiger partial charge in [-0.15, -0.1) is 0 Å². The molecular formula is C16H21F2N3O2. The zero-order chi connectivity index (χ0) is 16.6. The summed E-state index contributed by atoms with van der Waals surface area (Å²) in [6.45, 7) is 6.34. The van der Waals surface area contributed by atoms with Crippen LogP contribution in [0.2, 0.25) is 0 Å². The first-order valence-corrected chi connectivity index (χ1v) is 7.78. The van der Waals surface area contributed by atoms with Crippen molar-refractivity contribution < 1.29 is 18.6 Å². The van der Waals surface area contributed by atoms with E-state index in [1.54, 1.807) is 4.57 Å². The Balaban J connectivity index is 1.68. The predicted molar refractivity (Wildman–Crippen MR) is 82.1 cm³/mol. The van der Waals surface area contributed by atoms with Gasteiger partial charge in [0.1, 0.15) is 0 Å². The van der Waals surface area contributed by atoms with Gasteiger partial charge in [0.2, 0.25) is 0 Å². The van der Waals surface area contributed by atoms with E-state index in [2.05, 4.69) is 9.88 Å². The summed E-state index contributed by atoms with van der Waals surface area (Å²) in [4.78, 5) is 6.21. The second-order valence-corrected chi connectivity index (χ2v) is 6.28. The van der Waals surface area contributed by atoms with Crippen molar-refractivity contribution in [3.63, 3.8) is 0 Å². The quantitative estimate of drug-likeness (QED) is 0.931. The van der Waals surface area contributed by atoms with E-state index in [0.717, 1.165) is 25.2 Å². The topological polar surface area (TPSA) is 50.5 Å². The van der Waals surface area contributed by atoms with Crippen LogP contribution in [0.15, 0.2) is 18.5 Å². The minimum atomic E-state index is -0.917. The van der Waals surface area contributed by atoms with E-state index in [0.29, 0.717) is 17.6 Å². The van der Waals surface area contributed by atoms with Gasteiger partial charge in [0.05, 0.1) is 42.2 Å². The zero-order valence-corrected chi connectivity index (χ0v) is 13.2. The molecule has 7 heteroatoms. The number of aliphatic hydroxyl groups is 1. The molecule has 1 saturated heterocycles. The molecule has 0 spiro atoms. The Morgan fingerprint density at radius 3 is 2.57 bits per heavy atom. The van der Waals surface area contributed by atoms with Gasteiger partial charge < -0.3 is 14.4 Å². The van der Waals surface area contributed by atoms with Crippen LogP contribution in [0, 0.1) is 11.6 Å². The average Bonchev–Trinajstić information content (AvgIpc) is 2.80. The molecule has 0 unspecified atom stereocenters. The second kappa shape index (κ2) is 6.51. The lowest BCUT2D eigenvalue weighted by molar-refractivity contribution is -0.0772. The highest BCUT2D eigenvalue weighted by Crippen LogP contribution is 2.18. The summed E-state index contributed by atoms with van der Waals surface area (Å²) in [5.41, 5.74) is 0.858. The fourth-order valence-corrected chi connectivity index (χ4v) is 3.22. The van der Waals surface area contributed by atoms with Gasteiger partial charge in [-0.1, -0.05) is 0 Å². The Morgan fingerprint density at radius 1 is 1.22 bits per heavy atom. The predicted octanol–water partition coefficient (Wildman–Crippen LogP) is 1.78. The number of benzene rings is 1. The molecule has 1 N–H and O–H groups in total. The molecule has 1 aliphatic heterocycles. The lowest BCUT2D eigenvalue weighted by Crippen LogP contribution is -2.48. The molecule has 5 nitrogen and oxygen atoms in total. The van der Waals surface area contributed by atoms with Crippen molar-refractivity contribution >= 4 is 11.0 Å². The van der Waals surface area contributed by atoms with Crippen LogP contribution in [0.25, 0.3) is 11.0 Å². The molecule has 1 aromatic carbocycles. The Bertz CT molecular complexity index is 681. The number of rotatable bonds is 4. The third-order valence-electron chi connectivity index (χ3n) is 4.03. The minimum Gasteiger partial charge on any atom is -0.390 e.